The number of nitrogens with zero attached hydrogens (tertiary/aromatic N) is 2. The van der Waals surface area contributed by atoms with E-state index in [1.54, 1.807) is 30.2 Å². The molecule has 0 fully saturated rings. The van der Waals surface area contributed by atoms with Gasteiger partial charge in [0.15, 0.2) is 0 Å². The van der Waals surface area contributed by atoms with Gasteiger partial charge in [-0.25, -0.2) is 4.98 Å². The van der Waals surface area contributed by atoms with E-state index in [2.05, 4.69) is 10.3 Å². The molecule has 3 rings (SSSR count). The maximum absolute atomic E-state index is 13.5. The van der Waals surface area contributed by atoms with Gasteiger partial charge in [0.2, 0.25) is 0 Å². The van der Waals surface area contributed by atoms with Crippen LogP contribution in [0.3, 0.4) is 0 Å². The number of hydrogen-bond donors (Lipinski definition) is 2. The first-order valence-corrected chi connectivity index (χ1v) is 11.5. The SMILES string of the molecule is CNC(=N)c1c(SC)nc(-c2ccc(C(F)(F)F)cc2)n(-c2ccc(SC)cc2)c1=O. The smallest absolute Gasteiger partial charge is 0.373 e. The van der Waals surface area contributed by atoms with Crippen molar-refractivity contribution in [3.63, 3.8) is 0 Å². The molecule has 0 aliphatic carbocycles. The Morgan fingerprint density at radius 2 is 1.65 bits per heavy atom. The van der Waals surface area contributed by atoms with E-state index >= 15 is 0 Å². The Balaban J connectivity index is 2.32. The molecule has 5 nitrogen and oxygen atoms in total. The summed E-state index contributed by atoms with van der Waals surface area (Å²) in [5, 5.41) is 11.1. The van der Waals surface area contributed by atoms with Crippen molar-refractivity contribution >= 4 is 29.4 Å². The molecule has 0 aliphatic rings. The predicted octanol–water partition coefficient (Wildman–Crippen LogP) is 4.91. The summed E-state index contributed by atoms with van der Waals surface area (Å²) in [6, 6.07) is 11.7. The predicted molar refractivity (Wildman–Crippen MR) is 120 cm³/mol. The highest BCUT2D eigenvalue weighted by Gasteiger charge is 2.30. The lowest BCUT2D eigenvalue weighted by Gasteiger charge is -2.17. The van der Waals surface area contributed by atoms with Gasteiger partial charge in [-0.15, -0.1) is 23.5 Å². The molecule has 0 aliphatic heterocycles. The second-order valence-electron chi connectivity index (χ2n) is 6.36. The fourth-order valence-corrected chi connectivity index (χ4v) is 3.94. The van der Waals surface area contributed by atoms with Crippen LogP contribution in [0, 0.1) is 5.41 Å². The molecule has 0 spiro atoms. The second-order valence-corrected chi connectivity index (χ2v) is 8.03. The Labute approximate surface area is 185 Å². The van der Waals surface area contributed by atoms with Crippen LogP contribution in [-0.4, -0.2) is 34.9 Å². The zero-order valence-electron chi connectivity index (χ0n) is 16.9. The average molecular weight is 465 g/mol. The molecule has 2 aromatic carbocycles. The zero-order chi connectivity index (χ0) is 22.8. The molecule has 2 N–H and O–H groups in total. The Morgan fingerprint density at radius 1 is 1.03 bits per heavy atom. The van der Waals surface area contributed by atoms with E-state index in [1.165, 1.54) is 35.5 Å². The van der Waals surface area contributed by atoms with Crippen LogP contribution in [0.1, 0.15) is 11.1 Å². The Bertz CT molecular complexity index is 1160. The van der Waals surface area contributed by atoms with E-state index in [4.69, 9.17) is 5.41 Å². The van der Waals surface area contributed by atoms with Crippen molar-refractivity contribution in [3.8, 4) is 17.1 Å². The third-order valence-corrected chi connectivity index (χ3v) is 5.97. The van der Waals surface area contributed by atoms with Gasteiger partial charge >= 0.3 is 6.18 Å². The van der Waals surface area contributed by atoms with Crippen LogP contribution in [0.4, 0.5) is 13.2 Å². The summed E-state index contributed by atoms with van der Waals surface area (Å²) in [4.78, 5) is 19.0. The number of aromatic nitrogens is 2. The van der Waals surface area contributed by atoms with Gasteiger partial charge < -0.3 is 5.32 Å². The van der Waals surface area contributed by atoms with Crippen LogP contribution in [0.25, 0.3) is 17.1 Å². The highest BCUT2D eigenvalue weighted by Crippen LogP contribution is 2.31. The van der Waals surface area contributed by atoms with Crippen molar-refractivity contribution in [2.75, 3.05) is 19.6 Å². The quantitative estimate of drug-likeness (QED) is 0.243. The van der Waals surface area contributed by atoms with Crippen LogP contribution in [0.15, 0.2) is 63.2 Å². The lowest BCUT2D eigenvalue weighted by molar-refractivity contribution is -0.137. The highest BCUT2D eigenvalue weighted by atomic mass is 32.2. The van der Waals surface area contributed by atoms with Crippen molar-refractivity contribution in [1.82, 2.24) is 14.9 Å². The third-order valence-electron chi connectivity index (χ3n) is 4.54. The van der Waals surface area contributed by atoms with Crippen molar-refractivity contribution in [1.29, 1.82) is 5.41 Å². The lowest BCUT2D eigenvalue weighted by atomic mass is 10.1. The number of alkyl halides is 3. The average Bonchev–Trinajstić information content (AvgIpc) is 2.77. The van der Waals surface area contributed by atoms with Crippen molar-refractivity contribution in [2.45, 2.75) is 16.1 Å². The van der Waals surface area contributed by atoms with Crippen molar-refractivity contribution in [3.05, 3.63) is 70.0 Å². The first-order valence-electron chi connectivity index (χ1n) is 9.01. The molecule has 0 amide bonds. The van der Waals surface area contributed by atoms with E-state index in [-0.39, 0.29) is 17.2 Å². The van der Waals surface area contributed by atoms with E-state index in [1.807, 2.05) is 18.4 Å². The fraction of sp³-hybridized carbons (Fsp3) is 0.190. The summed E-state index contributed by atoms with van der Waals surface area (Å²) < 4.78 is 40.3. The molecule has 0 atom stereocenters. The van der Waals surface area contributed by atoms with E-state index in [0.717, 1.165) is 17.0 Å². The molecule has 1 aromatic heterocycles. The monoisotopic (exact) mass is 464 g/mol. The molecule has 31 heavy (non-hydrogen) atoms. The van der Waals surface area contributed by atoms with Gasteiger partial charge in [-0.3, -0.25) is 14.8 Å². The Kier molecular flexibility index (Phi) is 6.80. The number of hydrogen-bond acceptors (Lipinski definition) is 5. The van der Waals surface area contributed by atoms with Gasteiger partial charge in [-0.2, -0.15) is 13.2 Å². The Hall–Kier alpha value is -2.72. The molecular weight excluding hydrogens is 445 g/mol. The summed E-state index contributed by atoms with van der Waals surface area (Å²) in [7, 11) is 1.53. The Morgan fingerprint density at radius 3 is 2.13 bits per heavy atom. The number of amidine groups is 1. The summed E-state index contributed by atoms with van der Waals surface area (Å²) in [5.41, 5.74) is -0.307. The third kappa shape index (κ3) is 4.64. The maximum atomic E-state index is 13.5. The van der Waals surface area contributed by atoms with Gasteiger partial charge in [0, 0.05) is 17.5 Å². The number of rotatable bonds is 5. The molecule has 3 aromatic rings. The summed E-state index contributed by atoms with van der Waals surface area (Å²) in [5.74, 6) is 0.114. The van der Waals surface area contributed by atoms with Gasteiger partial charge in [0.05, 0.1) is 11.3 Å². The highest BCUT2D eigenvalue weighted by molar-refractivity contribution is 7.98. The standard InChI is InChI=1S/C21H19F3N4OS2/c1-26-17(25)16-19(31-3)27-18(12-4-6-13(7-5-12)21(22,23)24)28(20(16)29)14-8-10-15(30-2)11-9-14/h4-11H,1-3H3,(H2,25,26). The summed E-state index contributed by atoms with van der Waals surface area (Å²) in [6.07, 6.45) is -0.812. The molecule has 162 valence electrons. The van der Waals surface area contributed by atoms with Gasteiger partial charge in [-0.1, -0.05) is 12.1 Å². The minimum atomic E-state index is -4.46. The maximum Gasteiger partial charge on any atom is 0.416 e. The first kappa shape index (κ1) is 23.0. The van der Waals surface area contributed by atoms with Crippen LogP contribution in [0.2, 0.25) is 0 Å². The molecule has 0 unspecified atom stereocenters. The molecule has 10 heteroatoms. The lowest BCUT2D eigenvalue weighted by Crippen LogP contribution is -2.33. The molecule has 0 bridgehead atoms. The fourth-order valence-electron chi connectivity index (χ4n) is 2.96. The van der Waals surface area contributed by atoms with Crippen molar-refractivity contribution in [2.24, 2.45) is 0 Å². The molecule has 0 radical (unpaired) electrons. The number of nitrogens with one attached hydrogen (secondary N) is 2. The topological polar surface area (TPSA) is 70.8 Å². The van der Waals surface area contributed by atoms with Crippen LogP contribution in [0.5, 0.6) is 0 Å². The largest absolute Gasteiger partial charge is 0.416 e. The number of benzene rings is 2. The molecule has 1 heterocycles. The van der Waals surface area contributed by atoms with E-state index in [9.17, 15) is 18.0 Å². The van der Waals surface area contributed by atoms with E-state index < -0.39 is 17.3 Å². The van der Waals surface area contributed by atoms with Crippen LogP contribution >= 0.6 is 23.5 Å². The number of thioether (sulfide) groups is 2. The normalized spacial score (nSPS) is 11.4. The van der Waals surface area contributed by atoms with Gasteiger partial charge in [0.1, 0.15) is 22.2 Å². The van der Waals surface area contributed by atoms with Gasteiger partial charge in [-0.05, 0) is 48.9 Å². The molecule has 0 saturated carbocycles. The zero-order valence-corrected chi connectivity index (χ0v) is 18.5. The molecule has 0 saturated heterocycles. The van der Waals surface area contributed by atoms with Crippen molar-refractivity contribution < 1.29 is 13.2 Å². The molecular formula is C21H19F3N4OS2. The first-order chi connectivity index (χ1) is 14.7. The summed E-state index contributed by atoms with van der Waals surface area (Å²) in [6.45, 7) is 0. The number of halogens is 3. The van der Waals surface area contributed by atoms with Gasteiger partial charge in [0.25, 0.3) is 5.56 Å². The van der Waals surface area contributed by atoms with E-state index in [0.29, 0.717) is 16.3 Å². The van der Waals surface area contributed by atoms with Crippen LogP contribution in [-0.2, 0) is 6.18 Å². The minimum Gasteiger partial charge on any atom is -0.373 e. The summed E-state index contributed by atoms with van der Waals surface area (Å²) >= 11 is 2.73. The van der Waals surface area contributed by atoms with Crippen LogP contribution < -0.4 is 10.9 Å². The minimum absolute atomic E-state index is 0.0877. The second kappa shape index (κ2) is 9.19.